The maximum atomic E-state index is 12.4. The Morgan fingerprint density at radius 2 is 1.86 bits per heavy atom. The van der Waals surface area contributed by atoms with Gasteiger partial charge in [-0.1, -0.05) is 29.3 Å². The number of benzene rings is 2. The number of hydrogen-bond acceptors (Lipinski definition) is 3. The lowest BCUT2D eigenvalue weighted by Gasteiger charge is -2.12. The van der Waals surface area contributed by atoms with Crippen molar-refractivity contribution in [1.29, 1.82) is 0 Å². The van der Waals surface area contributed by atoms with Crippen molar-refractivity contribution in [3.8, 4) is 0 Å². The van der Waals surface area contributed by atoms with Crippen molar-refractivity contribution in [2.75, 3.05) is 4.72 Å². The lowest BCUT2D eigenvalue weighted by Crippen LogP contribution is -2.14. The molecule has 0 aromatic heterocycles. The van der Waals surface area contributed by atoms with Gasteiger partial charge in [-0.3, -0.25) is 4.72 Å². The fourth-order valence-electron chi connectivity index (χ4n) is 1.66. The van der Waals surface area contributed by atoms with E-state index in [1.54, 1.807) is 18.2 Å². The van der Waals surface area contributed by atoms with Gasteiger partial charge < -0.3 is 5.73 Å². The molecule has 0 aliphatic carbocycles. The average molecular weight is 410 g/mol. The Balaban J connectivity index is 2.41. The van der Waals surface area contributed by atoms with Crippen LogP contribution >= 0.6 is 39.1 Å². The van der Waals surface area contributed by atoms with E-state index in [4.69, 9.17) is 28.9 Å². The van der Waals surface area contributed by atoms with Gasteiger partial charge in [0.15, 0.2) is 0 Å². The molecule has 0 heterocycles. The van der Waals surface area contributed by atoms with Gasteiger partial charge in [0.05, 0.1) is 10.7 Å². The zero-order valence-corrected chi connectivity index (χ0v) is 14.5. The third-order valence-corrected chi connectivity index (χ3v) is 5.60. The van der Waals surface area contributed by atoms with Crippen LogP contribution in [-0.4, -0.2) is 8.42 Å². The molecule has 2 rings (SSSR count). The summed E-state index contributed by atoms with van der Waals surface area (Å²) in [5.41, 5.74) is 6.56. The van der Waals surface area contributed by atoms with Crippen LogP contribution in [0.25, 0.3) is 0 Å². The first-order valence-corrected chi connectivity index (χ1v) is 8.83. The van der Waals surface area contributed by atoms with Crippen molar-refractivity contribution < 1.29 is 8.42 Å². The lowest BCUT2D eigenvalue weighted by atomic mass is 10.2. The summed E-state index contributed by atoms with van der Waals surface area (Å²) in [5, 5.41) is 0.646. The van der Waals surface area contributed by atoms with Gasteiger partial charge in [-0.2, -0.15) is 0 Å². The van der Waals surface area contributed by atoms with Crippen molar-refractivity contribution in [3.63, 3.8) is 0 Å². The highest BCUT2D eigenvalue weighted by Gasteiger charge is 2.19. The minimum absolute atomic E-state index is 0.0933. The fourth-order valence-corrected chi connectivity index (χ4v) is 4.25. The number of anilines is 1. The standard InChI is InChI=1S/C13H11BrCl2N2O2S/c14-10-5-8(7-17)1-4-13(10)21(19,20)18-12-6-9(15)2-3-11(12)16/h1-6,18H,7,17H2. The van der Waals surface area contributed by atoms with Gasteiger partial charge in [-0.15, -0.1) is 0 Å². The molecule has 0 bridgehead atoms. The molecule has 0 amide bonds. The summed E-state index contributed by atoms with van der Waals surface area (Å²) in [6, 6.07) is 9.34. The van der Waals surface area contributed by atoms with Crippen molar-refractivity contribution in [3.05, 3.63) is 56.5 Å². The summed E-state index contributed by atoms with van der Waals surface area (Å²) in [5.74, 6) is 0. The molecule has 21 heavy (non-hydrogen) atoms. The third-order valence-electron chi connectivity index (χ3n) is 2.69. The van der Waals surface area contributed by atoms with Gasteiger partial charge in [0.1, 0.15) is 4.90 Å². The molecule has 0 saturated heterocycles. The molecular formula is C13H11BrCl2N2O2S. The van der Waals surface area contributed by atoms with Crippen LogP contribution in [0, 0.1) is 0 Å². The first kappa shape index (κ1) is 16.6. The molecule has 2 aromatic carbocycles. The Labute approximate surface area is 141 Å². The topological polar surface area (TPSA) is 72.2 Å². The number of sulfonamides is 1. The third kappa shape index (κ3) is 3.90. The van der Waals surface area contributed by atoms with Crippen LogP contribution in [0.15, 0.2) is 45.8 Å². The van der Waals surface area contributed by atoms with E-state index in [1.807, 2.05) is 0 Å². The minimum atomic E-state index is -3.79. The molecule has 0 aliphatic heterocycles. The molecule has 8 heteroatoms. The van der Waals surface area contributed by atoms with E-state index in [0.29, 0.717) is 16.0 Å². The van der Waals surface area contributed by atoms with Crippen molar-refractivity contribution in [2.45, 2.75) is 11.4 Å². The number of hydrogen-bond donors (Lipinski definition) is 2. The molecule has 0 unspecified atom stereocenters. The first-order chi connectivity index (χ1) is 9.83. The highest BCUT2D eigenvalue weighted by Crippen LogP contribution is 2.30. The van der Waals surface area contributed by atoms with E-state index in [2.05, 4.69) is 20.7 Å². The van der Waals surface area contributed by atoms with Crippen molar-refractivity contribution in [1.82, 2.24) is 0 Å². The number of nitrogens with one attached hydrogen (secondary N) is 1. The van der Waals surface area contributed by atoms with Crippen LogP contribution in [0.2, 0.25) is 10.0 Å². The van der Waals surface area contributed by atoms with Gasteiger partial charge in [0, 0.05) is 16.0 Å². The summed E-state index contributed by atoms with van der Waals surface area (Å²) in [7, 11) is -3.79. The second kappa shape index (κ2) is 6.54. The highest BCUT2D eigenvalue weighted by molar-refractivity contribution is 9.10. The Bertz CT molecular complexity index is 782. The Morgan fingerprint density at radius 3 is 2.48 bits per heavy atom. The number of halogens is 3. The van der Waals surface area contributed by atoms with Crippen LogP contribution < -0.4 is 10.5 Å². The van der Waals surface area contributed by atoms with Crippen molar-refractivity contribution >= 4 is 54.8 Å². The van der Waals surface area contributed by atoms with Crippen LogP contribution in [0.4, 0.5) is 5.69 Å². The molecular weight excluding hydrogens is 399 g/mol. The molecule has 0 atom stereocenters. The first-order valence-electron chi connectivity index (χ1n) is 5.80. The van der Waals surface area contributed by atoms with Gasteiger partial charge in [-0.25, -0.2) is 8.42 Å². The summed E-state index contributed by atoms with van der Waals surface area (Å²) in [6.07, 6.45) is 0. The molecule has 0 saturated carbocycles. The second-order valence-electron chi connectivity index (χ2n) is 4.20. The fraction of sp³-hybridized carbons (Fsp3) is 0.0769. The highest BCUT2D eigenvalue weighted by atomic mass is 79.9. The molecule has 0 aliphatic rings. The zero-order chi connectivity index (χ0) is 15.6. The van der Waals surface area contributed by atoms with E-state index in [-0.39, 0.29) is 15.6 Å². The van der Waals surface area contributed by atoms with E-state index < -0.39 is 10.0 Å². The maximum Gasteiger partial charge on any atom is 0.263 e. The van der Waals surface area contributed by atoms with Crippen LogP contribution in [-0.2, 0) is 16.6 Å². The maximum absolute atomic E-state index is 12.4. The van der Waals surface area contributed by atoms with Gasteiger partial charge in [-0.05, 0) is 51.8 Å². The molecule has 3 N–H and O–H groups in total. The normalized spacial score (nSPS) is 11.4. The summed E-state index contributed by atoms with van der Waals surface area (Å²) in [4.78, 5) is 0.0933. The van der Waals surface area contributed by atoms with Gasteiger partial charge in [0.2, 0.25) is 0 Å². The molecule has 4 nitrogen and oxygen atoms in total. The lowest BCUT2D eigenvalue weighted by molar-refractivity contribution is 0.600. The Morgan fingerprint density at radius 1 is 1.14 bits per heavy atom. The molecule has 0 fully saturated rings. The zero-order valence-electron chi connectivity index (χ0n) is 10.6. The number of rotatable bonds is 4. The molecule has 2 aromatic rings. The molecule has 0 radical (unpaired) electrons. The van der Waals surface area contributed by atoms with E-state index in [0.717, 1.165) is 5.56 Å². The quantitative estimate of drug-likeness (QED) is 0.800. The molecule has 0 spiro atoms. The molecule has 112 valence electrons. The van der Waals surface area contributed by atoms with E-state index in [1.165, 1.54) is 18.2 Å². The van der Waals surface area contributed by atoms with Gasteiger partial charge in [0.25, 0.3) is 10.0 Å². The van der Waals surface area contributed by atoms with E-state index in [9.17, 15) is 8.42 Å². The SMILES string of the molecule is NCc1ccc(S(=O)(=O)Nc2cc(Cl)ccc2Cl)c(Br)c1. The van der Waals surface area contributed by atoms with E-state index >= 15 is 0 Å². The Kier molecular flexibility index (Phi) is 5.16. The smallest absolute Gasteiger partial charge is 0.263 e. The minimum Gasteiger partial charge on any atom is -0.326 e. The van der Waals surface area contributed by atoms with Gasteiger partial charge >= 0.3 is 0 Å². The Hall–Kier alpha value is -0.790. The predicted molar refractivity (Wildman–Crippen MR) is 89.3 cm³/mol. The second-order valence-corrected chi connectivity index (χ2v) is 7.55. The largest absolute Gasteiger partial charge is 0.326 e. The monoisotopic (exact) mass is 408 g/mol. The summed E-state index contributed by atoms with van der Waals surface area (Å²) in [6.45, 7) is 0.326. The van der Waals surface area contributed by atoms with Crippen molar-refractivity contribution in [2.24, 2.45) is 5.73 Å². The van der Waals surface area contributed by atoms with Crippen LogP contribution in [0.3, 0.4) is 0 Å². The van der Waals surface area contributed by atoms with Crippen LogP contribution in [0.1, 0.15) is 5.56 Å². The number of nitrogens with two attached hydrogens (primary N) is 1. The summed E-state index contributed by atoms with van der Waals surface area (Å²) < 4.78 is 27.7. The average Bonchev–Trinajstić information content (AvgIpc) is 2.42. The predicted octanol–water partition coefficient (Wildman–Crippen LogP) is 4.02. The summed E-state index contributed by atoms with van der Waals surface area (Å²) >= 11 is 15.0. The van der Waals surface area contributed by atoms with Crippen LogP contribution in [0.5, 0.6) is 0 Å².